The largest absolute Gasteiger partial charge is 0.507 e. The highest BCUT2D eigenvalue weighted by Gasteiger charge is 2.49. The van der Waals surface area contributed by atoms with Gasteiger partial charge in [0, 0.05) is 47.6 Å². The Morgan fingerprint density at radius 3 is 2.25 bits per heavy atom. The first-order chi connectivity index (χ1) is 16.9. The van der Waals surface area contributed by atoms with Crippen LogP contribution in [0.5, 0.6) is 11.5 Å². The van der Waals surface area contributed by atoms with E-state index in [1.807, 2.05) is 0 Å². The Morgan fingerprint density at radius 2 is 1.69 bits per heavy atom. The third kappa shape index (κ3) is 3.56. The van der Waals surface area contributed by atoms with E-state index < -0.39 is 71.5 Å². The van der Waals surface area contributed by atoms with Crippen LogP contribution in [0.4, 0.5) is 0 Å². The van der Waals surface area contributed by atoms with Crippen LogP contribution in [0.15, 0.2) is 24.3 Å². The van der Waals surface area contributed by atoms with Crippen molar-refractivity contribution in [1.82, 2.24) is 0 Å². The summed E-state index contributed by atoms with van der Waals surface area (Å²) in [6, 6.07) is 5.40. The second-order valence-electron chi connectivity index (χ2n) is 9.80. The maximum Gasteiger partial charge on any atom is 0.198 e. The van der Waals surface area contributed by atoms with Gasteiger partial charge < -0.3 is 35.6 Å². The van der Waals surface area contributed by atoms with Crippen molar-refractivity contribution < 1.29 is 44.3 Å². The van der Waals surface area contributed by atoms with Crippen molar-refractivity contribution in [3.05, 3.63) is 57.6 Å². The summed E-state index contributed by atoms with van der Waals surface area (Å²) in [6.07, 6.45) is -4.38. The predicted octanol–water partition coefficient (Wildman–Crippen LogP) is 1.02. The third-order valence-electron chi connectivity index (χ3n) is 7.50. The van der Waals surface area contributed by atoms with E-state index >= 15 is 0 Å². The number of nitrogens with two attached hydrogens (primary N) is 1. The number of aliphatic hydroxyl groups is 2. The van der Waals surface area contributed by atoms with E-state index in [2.05, 4.69) is 0 Å². The minimum absolute atomic E-state index is 0.00588. The average Bonchev–Trinajstić information content (AvgIpc) is 2.82. The van der Waals surface area contributed by atoms with Gasteiger partial charge in [0.05, 0.1) is 29.4 Å². The number of aromatic hydroxyl groups is 2. The number of carbonyl (C=O) groups excluding carboxylic acids is 3. The van der Waals surface area contributed by atoms with Crippen molar-refractivity contribution >= 4 is 17.3 Å². The van der Waals surface area contributed by atoms with Gasteiger partial charge in [0.15, 0.2) is 23.6 Å². The highest BCUT2D eigenvalue weighted by molar-refractivity contribution is 6.30. The van der Waals surface area contributed by atoms with E-state index in [1.54, 1.807) is 19.1 Å². The fraction of sp³-hybridized carbons (Fsp3) is 0.423. The molecule has 2 aromatic carbocycles. The Labute approximate surface area is 206 Å². The van der Waals surface area contributed by atoms with Gasteiger partial charge in [-0.05, 0) is 13.8 Å². The summed E-state index contributed by atoms with van der Waals surface area (Å²) in [6.45, 7) is 2.80. The van der Waals surface area contributed by atoms with Crippen molar-refractivity contribution in [3.8, 4) is 11.5 Å². The standard InChI is InChI=1S/C26H27NO9/c1-10-21(29)15(27)7-17(35-10)36-16-9-26(34,11(2)28)8-14-18(16)25(33)20-19(24(14)32)22(30)12-5-3-4-6-13(12)23(20)31/h3-6,10,15-17,21,29,32-34H,7-9,27H2,1-2H3/t10-,15+,16?,17+,21+,26?/m1/s1. The monoisotopic (exact) mass is 497 g/mol. The summed E-state index contributed by atoms with van der Waals surface area (Å²) in [4.78, 5) is 39.0. The lowest BCUT2D eigenvalue weighted by molar-refractivity contribution is -0.247. The van der Waals surface area contributed by atoms with E-state index in [-0.39, 0.29) is 46.2 Å². The normalized spacial score (nSPS) is 31.4. The first-order valence-corrected chi connectivity index (χ1v) is 11.7. The van der Waals surface area contributed by atoms with Crippen LogP contribution in [0.25, 0.3) is 0 Å². The minimum atomic E-state index is -1.97. The van der Waals surface area contributed by atoms with E-state index in [4.69, 9.17) is 15.2 Å². The number of aliphatic hydroxyl groups excluding tert-OH is 1. The van der Waals surface area contributed by atoms with Crippen molar-refractivity contribution in [2.75, 3.05) is 0 Å². The highest BCUT2D eigenvalue weighted by atomic mass is 16.7. The molecule has 10 nitrogen and oxygen atoms in total. The highest BCUT2D eigenvalue weighted by Crippen LogP contribution is 2.51. The van der Waals surface area contributed by atoms with Gasteiger partial charge in [-0.25, -0.2) is 0 Å². The molecule has 3 aliphatic rings. The van der Waals surface area contributed by atoms with Crippen LogP contribution in [0.3, 0.4) is 0 Å². The van der Waals surface area contributed by atoms with Crippen LogP contribution in [0.2, 0.25) is 0 Å². The molecule has 36 heavy (non-hydrogen) atoms. The molecule has 10 heteroatoms. The van der Waals surface area contributed by atoms with Crippen molar-refractivity contribution in [1.29, 1.82) is 0 Å². The van der Waals surface area contributed by atoms with Gasteiger partial charge >= 0.3 is 0 Å². The SMILES string of the molecule is CC(=O)C1(O)Cc2c(O)c3c(c(O)c2C(O[C@H]2C[C@H](N)[C@@H](O)[C@@H](C)O2)C1)C(=O)c1ccccc1C3=O. The quantitative estimate of drug-likeness (QED) is 0.328. The second-order valence-corrected chi connectivity index (χ2v) is 9.80. The molecular weight excluding hydrogens is 470 g/mol. The smallest absolute Gasteiger partial charge is 0.198 e. The zero-order valence-corrected chi connectivity index (χ0v) is 19.7. The Hall–Kier alpha value is -3.15. The molecule has 0 aromatic heterocycles. The first kappa shape index (κ1) is 24.5. The summed E-state index contributed by atoms with van der Waals surface area (Å²) in [5.74, 6) is -3.06. The molecule has 1 fully saturated rings. The summed E-state index contributed by atoms with van der Waals surface area (Å²) >= 11 is 0. The van der Waals surface area contributed by atoms with E-state index in [0.717, 1.165) is 0 Å². The zero-order valence-electron chi connectivity index (χ0n) is 19.7. The van der Waals surface area contributed by atoms with Gasteiger partial charge in [-0.15, -0.1) is 0 Å². The van der Waals surface area contributed by atoms with E-state index in [9.17, 15) is 34.8 Å². The molecule has 0 saturated carbocycles. The lowest BCUT2D eigenvalue weighted by atomic mass is 9.72. The molecule has 2 aromatic rings. The Bertz CT molecular complexity index is 1290. The molecule has 1 saturated heterocycles. The van der Waals surface area contributed by atoms with Gasteiger partial charge in [0.2, 0.25) is 0 Å². The third-order valence-corrected chi connectivity index (χ3v) is 7.50. The number of hydrogen-bond acceptors (Lipinski definition) is 10. The number of fused-ring (bicyclic) bond motifs is 3. The molecule has 1 aliphatic heterocycles. The molecule has 0 amide bonds. The fourth-order valence-corrected chi connectivity index (χ4v) is 5.42. The molecule has 0 radical (unpaired) electrons. The molecule has 0 spiro atoms. The summed E-state index contributed by atoms with van der Waals surface area (Å²) in [5.41, 5.74) is 3.38. The van der Waals surface area contributed by atoms with Gasteiger partial charge in [-0.3, -0.25) is 14.4 Å². The number of phenolic OH excluding ortho intramolecular Hbond substituents is 2. The van der Waals surface area contributed by atoms with Crippen molar-refractivity contribution in [3.63, 3.8) is 0 Å². The molecule has 6 atom stereocenters. The van der Waals surface area contributed by atoms with Gasteiger partial charge in [0.1, 0.15) is 17.1 Å². The predicted molar refractivity (Wildman–Crippen MR) is 124 cm³/mol. The average molecular weight is 498 g/mol. The van der Waals surface area contributed by atoms with Gasteiger partial charge in [-0.1, -0.05) is 24.3 Å². The molecule has 5 rings (SSSR count). The number of carbonyl (C=O) groups is 3. The van der Waals surface area contributed by atoms with Crippen LogP contribution in [-0.2, 0) is 20.7 Å². The van der Waals surface area contributed by atoms with Crippen molar-refractivity contribution in [2.24, 2.45) is 5.73 Å². The summed E-state index contributed by atoms with van der Waals surface area (Å²) in [5, 5.41) is 43.8. The van der Waals surface area contributed by atoms with Crippen LogP contribution in [0, 0.1) is 0 Å². The van der Waals surface area contributed by atoms with Gasteiger partial charge in [-0.2, -0.15) is 0 Å². The molecule has 1 heterocycles. The number of Topliss-reactive ketones (excluding diaryl/α,β-unsaturated/α-hetero) is 1. The Balaban J connectivity index is 1.66. The fourth-order valence-electron chi connectivity index (χ4n) is 5.42. The number of rotatable bonds is 3. The second kappa shape index (κ2) is 8.46. The molecule has 2 aliphatic carbocycles. The lowest BCUT2D eigenvalue weighted by Gasteiger charge is -2.42. The number of phenols is 2. The number of hydrogen-bond donors (Lipinski definition) is 5. The molecule has 0 bridgehead atoms. The maximum atomic E-state index is 13.3. The summed E-state index contributed by atoms with van der Waals surface area (Å²) < 4.78 is 11.8. The maximum absolute atomic E-state index is 13.3. The topological polar surface area (TPSA) is 177 Å². The van der Waals surface area contributed by atoms with Crippen LogP contribution >= 0.6 is 0 Å². The van der Waals surface area contributed by atoms with Crippen LogP contribution < -0.4 is 5.73 Å². The van der Waals surface area contributed by atoms with Crippen LogP contribution in [0.1, 0.15) is 75.8 Å². The molecule has 6 N–H and O–H groups in total. The number of ketones is 3. The zero-order chi connectivity index (χ0) is 26.1. The lowest BCUT2D eigenvalue weighted by Crippen LogP contribution is -2.52. The van der Waals surface area contributed by atoms with Gasteiger partial charge in [0.25, 0.3) is 0 Å². The molecule has 190 valence electrons. The minimum Gasteiger partial charge on any atom is -0.507 e. The van der Waals surface area contributed by atoms with Crippen LogP contribution in [-0.4, -0.2) is 67.9 Å². The Kier molecular flexibility index (Phi) is 5.77. The van der Waals surface area contributed by atoms with Crippen molar-refractivity contribution in [2.45, 2.75) is 69.4 Å². The summed E-state index contributed by atoms with van der Waals surface area (Å²) in [7, 11) is 0. The molecule has 2 unspecified atom stereocenters. The van der Waals surface area contributed by atoms with E-state index in [0.29, 0.717) is 0 Å². The number of ether oxygens (including phenoxy) is 2. The Morgan fingerprint density at radius 1 is 1.11 bits per heavy atom. The first-order valence-electron chi connectivity index (χ1n) is 11.7. The molecular formula is C26H27NO9. The van der Waals surface area contributed by atoms with E-state index in [1.165, 1.54) is 19.1 Å². The number of benzene rings is 2.